The number of carboxylic acid groups (broad SMARTS) is 1. The number of carbonyl (C=O) groups excluding carboxylic acids is 1. The number of esters is 1. The Balaban J connectivity index is 0. The summed E-state index contributed by atoms with van der Waals surface area (Å²) in [7, 11) is 0. The molecule has 0 bridgehead atoms. The van der Waals surface area contributed by atoms with E-state index in [0.717, 1.165) is 0 Å². The molecule has 104 valence electrons. The molecular weight excluding hydrogens is 248 g/mol. The second-order valence-electron chi connectivity index (χ2n) is 3.58. The van der Waals surface area contributed by atoms with Crippen LogP contribution in [0.25, 0.3) is 0 Å². The summed E-state index contributed by atoms with van der Waals surface area (Å²) in [5.41, 5.74) is 0.359. The Kier molecular flexibility index (Phi) is 13.7. The van der Waals surface area contributed by atoms with Crippen LogP contribution in [-0.2, 0) is 14.3 Å². The molecule has 0 rings (SSSR count). The van der Waals surface area contributed by atoms with Gasteiger partial charge < -0.3 is 9.84 Å². The van der Waals surface area contributed by atoms with E-state index >= 15 is 0 Å². The van der Waals surface area contributed by atoms with Crippen LogP contribution in [0.2, 0.25) is 0 Å². The van der Waals surface area contributed by atoms with Crippen LogP contribution in [0.1, 0.15) is 39.0 Å². The minimum Gasteiger partial charge on any atom is -0.481 e. The lowest BCUT2D eigenvalue weighted by atomic mass is 10.2. The van der Waals surface area contributed by atoms with Crippen LogP contribution >= 0.6 is 0 Å². The first-order chi connectivity index (χ1) is 8.95. The number of carboxylic acids is 1. The second kappa shape index (κ2) is 13.7. The number of unbranched alkanes of at least 4 members (excludes halogenated alkanes) is 2. The molecule has 0 unspecified atom stereocenters. The van der Waals surface area contributed by atoms with Crippen molar-refractivity contribution in [2.24, 2.45) is 0 Å². The van der Waals surface area contributed by atoms with Gasteiger partial charge in [-0.25, -0.2) is 4.79 Å². The van der Waals surface area contributed by atoms with Crippen molar-refractivity contribution in [2.45, 2.75) is 39.0 Å². The molecule has 0 aliphatic rings. The highest BCUT2D eigenvalue weighted by atomic mass is 16.5. The molecule has 0 aliphatic carbocycles. The van der Waals surface area contributed by atoms with E-state index in [1.54, 1.807) is 6.92 Å². The molecule has 0 aromatic heterocycles. The van der Waals surface area contributed by atoms with Crippen LogP contribution in [0.5, 0.6) is 0 Å². The molecule has 0 fully saturated rings. The summed E-state index contributed by atoms with van der Waals surface area (Å²) in [5.74, 6) is -1.22. The van der Waals surface area contributed by atoms with E-state index in [0.29, 0.717) is 24.8 Å². The average molecular weight is 266 g/mol. The topological polar surface area (TPSA) is 111 Å². The van der Waals surface area contributed by atoms with Crippen molar-refractivity contribution in [3.8, 4) is 12.1 Å². The van der Waals surface area contributed by atoms with Crippen LogP contribution in [0, 0.1) is 22.7 Å². The smallest absolute Gasteiger partial charge is 0.333 e. The zero-order chi connectivity index (χ0) is 15.1. The second-order valence-corrected chi connectivity index (χ2v) is 3.58. The predicted molar refractivity (Wildman–Crippen MR) is 67.7 cm³/mol. The van der Waals surface area contributed by atoms with E-state index in [4.69, 9.17) is 15.6 Å². The molecule has 1 N–H and O–H groups in total. The van der Waals surface area contributed by atoms with Crippen LogP contribution < -0.4 is 0 Å². The highest BCUT2D eigenvalue weighted by molar-refractivity contribution is 5.86. The van der Waals surface area contributed by atoms with Crippen molar-refractivity contribution in [1.82, 2.24) is 0 Å². The van der Waals surface area contributed by atoms with Gasteiger partial charge in [0, 0.05) is 18.4 Å². The van der Waals surface area contributed by atoms with E-state index in [-0.39, 0.29) is 19.4 Å². The minimum atomic E-state index is -0.784. The van der Waals surface area contributed by atoms with Gasteiger partial charge in [-0.05, 0) is 19.8 Å². The Labute approximate surface area is 112 Å². The third-order valence-electron chi connectivity index (χ3n) is 1.72. The molecule has 0 aromatic carbocycles. The van der Waals surface area contributed by atoms with Gasteiger partial charge in [0.05, 0.1) is 18.6 Å². The van der Waals surface area contributed by atoms with Crippen molar-refractivity contribution in [3.05, 3.63) is 12.2 Å². The highest BCUT2D eigenvalue weighted by Gasteiger charge is 2.00. The maximum atomic E-state index is 10.6. The van der Waals surface area contributed by atoms with Gasteiger partial charge in [0.15, 0.2) is 0 Å². The fourth-order valence-corrected chi connectivity index (χ4v) is 0.793. The SMILES string of the molecule is C=C(C)C(=O)OCCC#N.N#CCCCCC(=O)O. The number of rotatable bonds is 7. The molecule has 6 nitrogen and oxygen atoms in total. The third kappa shape index (κ3) is 18.2. The maximum Gasteiger partial charge on any atom is 0.333 e. The lowest BCUT2D eigenvalue weighted by Crippen LogP contribution is -2.05. The predicted octanol–water partition coefficient (Wildman–Crippen LogP) is 2.17. The summed E-state index contributed by atoms with van der Waals surface area (Å²) in [6, 6.07) is 3.80. The molecular formula is C13H18N2O4. The molecule has 6 heteroatoms. The van der Waals surface area contributed by atoms with E-state index < -0.39 is 11.9 Å². The molecule has 0 aromatic rings. The monoisotopic (exact) mass is 266 g/mol. The number of carbonyl (C=O) groups is 2. The zero-order valence-electron chi connectivity index (χ0n) is 11.0. The molecule has 0 saturated heterocycles. The first-order valence-corrected chi connectivity index (χ1v) is 5.74. The van der Waals surface area contributed by atoms with E-state index in [2.05, 4.69) is 11.3 Å². The number of nitriles is 2. The summed E-state index contributed by atoms with van der Waals surface area (Å²) in [6.07, 6.45) is 2.19. The van der Waals surface area contributed by atoms with Gasteiger partial charge >= 0.3 is 11.9 Å². The number of nitrogens with zero attached hydrogens (tertiary/aromatic N) is 2. The maximum absolute atomic E-state index is 10.6. The molecule has 0 saturated carbocycles. The lowest BCUT2D eigenvalue weighted by Gasteiger charge is -1.98. The van der Waals surface area contributed by atoms with E-state index in [1.807, 2.05) is 12.1 Å². The number of hydrogen-bond acceptors (Lipinski definition) is 5. The van der Waals surface area contributed by atoms with Crippen molar-refractivity contribution < 1.29 is 19.4 Å². The number of aliphatic carboxylic acids is 1. The van der Waals surface area contributed by atoms with Crippen molar-refractivity contribution >= 4 is 11.9 Å². The summed E-state index contributed by atoms with van der Waals surface area (Å²) >= 11 is 0. The van der Waals surface area contributed by atoms with Crippen LogP contribution in [0.4, 0.5) is 0 Å². The fraction of sp³-hybridized carbons (Fsp3) is 0.538. The quantitative estimate of drug-likeness (QED) is 0.429. The molecule has 0 radical (unpaired) electrons. The Morgan fingerprint density at radius 2 is 1.79 bits per heavy atom. The largest absolute Gasteiger partial charge is 0.481 e. The minimum absolute atomic E-state index is 0.155. The number of ether oxygens (including phenoxy) is 1. The third-order valence-corrected chi connectivity index (χ3v) is 1.72. The Morgan fingerprint density at radius 3 is 2.21 bits per heavy atom. The Hall–Kier alpha value is -2.34. The highest BCUT2D eigenvalue weighted by Crippen LogP contribution is 1.97. The molecule has 0 amide bonds. The lowest BCUT2D eigenvalue weighted by molar-refractivity contribution is -0.139. The van der Waals surface area contributed by atoms with Crippen LogP contribution in [0.15, 0.2) is 12.2 Å². The summed E-state index contributed by atoms with van der Waals surface area (Å²) < 4.78 is 4.58. The zero-order valence-corrected chi connectivity index (χ0v) is 11.0. The van der Waals surface area contributed by atoms with Gasteiger partial charge in [-0.1, -0.05) is 6.58 Å². The van der Waals surface area contributed by atoms with Gasteiger partial charge in [0.1, 0.15) is 6.61 Å². The summed E-state index contributed by atoms with van der Waals surface area (Å²) in [5, 5.41) is 24.2. The summed E-state index contributed by atoms with van der Waals surface area (Å²) in [4.78, 5) is 20.5. The van der Waals surface area contributed by atoms with E-state index in [9.17, 15) is 9.59 Å². The fourth-order valence-electron chi connectivity index (χ4n) is 0.793. The molecule has 0 heterocycles. The van der Waals surface area contributed by atoms with Crippen molar-refractivity contribution in [3.63, 3.8) is 0 Å². The first kappa shape index (κ1) is 19.0. The number of hydrogen-bond donors (Lipinski definition) is 1. The van der Waals surface area contributed by atoms with Gasteiger partial charge in [-0.2, -0.15) is 10.5 Å². The van der Waals surface area contributed by atoms with Crippen molar-refractivity contribution in [1.29, 1.82) is 10.5 Å². The van der Waals surface area contributed by atoms with Crippen molar-refractivity contribution in [2.75, 3.05) is 6.61 Å². The van der Waals surface area contributed by atoms with Crippen LogP contribution in [-0.4, -0.2) is 23.7 Å². The summed E-state index contributed by atoms with van der Waals surface area (Å²) in [6.45, 7) is 5.10. The average Bonchev–Trinajstić information content (AvgIpc) is 2.35. The standard InChI is InChI=1S/C7H9NO2.C6H9NO2/c1-6(2)7(9)10-5-3-4-8;7-5-3-1-2-4-6(8)9/h1,3,5H2,2H3;1-4H2,(H,8,9). The first-order valence-electron chi connectivity index (χ1n) is 5.74. The normalized spacial score (nSPS) is 8.16. The van der Waals surface area contributed by atoms with E-state index in [1.165, 1.54) is 0 Å². The van der Waals surface area contributed by atoms with Gasteiger partial charge in [0.2, 0.25) is 0 Å². The molecule has 0 aliphatic heterocycles. The van der Waals surface area contributed by atoms with Crippen LogP contribution in [0.3, 0.4) is 0 Å². The Bertz CT molecular complexity index is 377. The van der Waals surface area contributed by atoms with Gasteiger partial charge in [-0.3, -0.25) is 4.79 Å². The Morgan fingerprint density at radius 1 is 1.21 bits per heavy atom. The molecule has 0 spiro atoms. The molecule has 0 atom stereocenters. The molecule has 19 heavy (non-hydrogen) atoms. The van der Waals surface area contributed by atoms with Gasteiger partial charge in [0.25, 0.3) is 0 Å². The van der Waals surface area contributed by atoms with Gasteiger partial charge in [-0.15, -0.1) is 0 Å².